The fraction of sp³-hybridized carbons (Fsp3) is 0.176. The summed E-state index contributed by atoms with van der Waals surface area (Å²) in [6, 6.07) is 6.12. The molecule has 131 valence electrons. The molecule has 0 spiro atoms. The van der Waals surface area contributed by atoms with Crippen LogP contribution in [0.15, 0.2) is 30.3 Å². The number of hydrogen-bond donors (Lipinski definition) is 2. The summed E-state index contributed by atoms with van der Waals surface area (Å²) in [5.41, 5.74) is -1.95. The van der Waals surface area contributed by atoms with Crippen LogP contribution in [0.5, 0.6) is 0 Å². The normalized spacial score (nSPS) is 15.7. The molecule has 1 saturated heterocycles. The predicted molar refractivity (Wildman–Crippen MR) is 95.0 cm³/mol. The van der Waals surface area contributed by atoms with Gasteiger partial charge in [-0.05, 0) is 59.8 Å². The van der Waals surface area contributed by atoms with Crippen molar-refractivity contribution in [3.63, 3.8) is 0 Å². The van der Waals surface area contributed by atoms with Crippen LogP contribution in [0.25, 0.3) is 0 Å². The lowest BCUT2D eigenvalue weighted by Crippen LogP contribution is -2.61. The second-order valence-electron chi connectivity index (χ2n) is 5.92. The van der Waals surface area contributed by atoms with E-state index in [2.05, 4.69) is 12.2 Å². The first-order valence-corrected chi connectivity index (χ1v) is 8.33. The molecule has 1 fully saturated rings. The van der Waals surface area contributed by atoms with E-state index in [1.165, 1.54) is 17.0 Å². The Bertz CT molecular complexity index is 850. The number of likely N-dealkylation sites (tertiary alicyclic amines) is 1. The highest BCUT2D eigenvalue weighted by molar-refractivity contribution is 14.1. The van der Waals surface area contributed by atoms with Crippen molar-refractivity contribution in [3.05, 3.63) is 63.8 Å². The fourth-order valence-electron chi connectivity index (χ4n) is 2.55. The molecule has 1 amide bonds. The van der Waals surface area contributed by atoms with Gasteiger partial charge in [-0.1, -0.05) is 0 Å². The number of nitrogens with zero attached hydrogens (tertiary/aromatic N) is 1. The average Bonchev–Trinajstić information content (AvgIpc) is 2.51. The lowest BCUT2D eigenvalue weighted by Gasteiger charge is -2.44. The topological polar surface area (TPSA) is 52.6 Å². The minimum Gasteiger partial charge on any atom is -0.386 e. The SMILES string of the molecule is [CH2]C1(O)CN(C(=O)c2ccc(F)c(F)c2Nc2ccc(I)cc2F)C1. The highest BCUT2D eigenvalue weighted by Crippen LogP contribution is 2.31. The average molecular weight is 461 g/mol. The van der Waals surface area contributed by atoms with Gasteiger partial charge in [-0.15, -0.1) is 0 Å². The van der Waals surface area contributed by atoms with E-state index < -0.39 is 34.6 Å². The summed E-state index contributed by atoms with van der Waals surface area (Å²) in [7, 11) is 0. The molecule has 2 N–H and O–H groups in total. The second-order valence-corrected chi connectivity index (χ2v) is 7.16. The minimum atomic E-state index is -1.28. The number of carbonyl (C=O) groups excluding carboxylic acids is 1. The summed E-state index contributed by atoms with van der Waals surface area (Å²) >= 11 is 1.91. The second kappa shape index (κ2) is 6.49. The van der Waals surface area contributed by atoms with Crippen molar-refractivity contribution in [3.8, 4) is 0 Å². The van der Waals surface area contributed by atoms with Crippen molar-refractivity contribution < 1.29 is 23.1 Å². The largest absolute Gasteiger partial charge is 0.386 e. The first-order valence-electron chi connectivity index (χ1n) is 7.25. The Morgan fingerprint density at radius 3 is 2.48 bits per heavy atom. The summed E-state index contributed by atoms with van der Waals surface area (Å²) in [5, 5.41) is 12.1. The Morgan fingerprint density at radius 1 is 1.20 bits per heavy atom. The Morgan fingerprint density at radius 2 is 1.88 bits per heavy atom. The van der Waals surface area contributed by atoms with E-state index in [9.17, 15) is 23.1 Å². The zero-order valence-corrected chi connectivity index (χ0v) is 15.0. The van der Waals surface area contributed by atoms with Gasteiger partial charge >= 0.3 is 0 Å². The molecule has 2 aromatic carbocycles. The Balaban J connectivity index is 1.97. The first kappa shape index (κ1) is 18.0. The number of halogens is 4. The lowest BCUT2D eigenvalue weighted by atomic mass is 9.95. The molecule has 0 aliphatic carbocycles. The van der Waals surface area contributed by atoms with E-state index in [1.807, 2.05) is 22.6 Å². The van der Waals surface area contributed by atoms with Crippen molar-refractivity contribution in [2.75, 3.05) is 18.4 Å². The molecule has 1 aliphatic heterocycles. The zero-order chi connectivity index (χ0) is 18.4. The third-order valence-corrected chi connectivity index (χ3v) is 4.44. The van der Waals surface area contributed by atoms with Crippen molar-refractivity contribution in [2.45, 2.75) is 5.60 Å². The van der Waals surface area contributed by atoms with E-state index in [1.54, 1.807) is 6.07 Å². The molecule has 1 aliphatic rings. The van der Waals surface area contributed by atoms with Crippen LogP contribution >= 0.6 is 22.6 Å². The molecule has 2 aromatic rings. The van der Waals surface area contributed by atoms with Gasteiger partial charge in [0.05, 0.1) is 35.6 Å². The number of carbonyl (C=O) groups is 1. The molecule has 0 unspecified atom stereocenters. The van der Waals surface area contributed by atoms with Crippen LogP contribution in [0, 0.1) is 27.9 Å². The standard InChI is InChI=1S/C17H13F3IN2O2/c1-17(25)7-23(8-17)16(24)10-3-4-11(18)14(20)15(10)22-13-5-2-9(21)6-12(13)19/h2-6,22,25H,1,7-8H2. The van der Waals surface area contributed by atoms with Gasteiger partial charge in [0.2, 0.25) is 0 Å². The van der Waals surface area contributed by atoms with Gasteiger partial charge in [0, 0.05) is 3.57 Å². The number of hydrogen-bond acceptors (Lipinski definition) is 3. The van der Waals surface area contributed by atoms with Crippen LogP contribution < -0.4 is 5.32 Å². The highest BCUT2D eigenvalue weighted by Gasteiger charge is 2.40. The summed E-state index contributed by atoms with van der Waals surface area (Å²) in [6.45, 7) is 3.45. The molecule has 1 heterocycles. The molecule has 25 heavy (non-hydrogen) atoms. The molecular formula is C17H13F3IN2O2. The molecule has 3 rings (SSSR count). The van der Waals surface area contributed by atoms with Gasteiger partial charge in [-0.25, -0.2) is 13.2 Å². The summed E-state index contributed by atoms with van der Waals surface area (Å²) in [4.78, 5) is 13.7. The van der Waals surface area contributed by atoms with Crippen LogP contribution in [0.3, 0.4) is 0 Å². The quantitative estimate of drug-likeness (QED) is 0.689. The van der Waals surface area contributed by atoms with Gasteiger partial charge in [0.25, 0.3) is 5.91 Å². The van der Waals surface area contributed by atoms with Gasteiger partial charge in [0.15, 0.2) is 11.6 Å². The number of amides is 1. The maximum absolute atomic E-state index is 14.3. The number of benzene rings is 2. The number of rotatable bonds is 3. The van der Waals surface area contributed by atoms with Crippen LogP contribution in [0.1, 0.15) is 10.4 Å². The molecule has 0 bridgehead atoms. The third-order valence-electron chi connectivity index (χ3n) is 3.77. The summed E-state index contributed by atoms with van der Waals surface area (Å²) < 4.78 is 42.5. The molecule has 0 aromatic heterocycles. The molecule has 4 nitrogen and oxygen atoms in total. The monoisotopic (exact) mass is 461 g/mol. The molecule has 0 saturated carbocycles. The van der Waals surface area contributed by atoms with Crippen molar-refractivity contribution in [2.24, 2.45) is 0 Å². The maximum Gasteiger partial charge on any atom is 0.256 e. The fourth-order valence-corrected chi connectivity index (χ4v) is 3.01. The predicted octanol–water partition coefficient (Wildman–Crippen LogP) is 3.47. The van der Waals surface area contributed by atoms with Crippen LogP contribution in [-0.2, 0) is 0 Å². The zero-order valence-electron chi connectivity index (χ0n) is 12.8. The lowest BCUT2D eigenvalue weighted by molar-refractivity contribution is -0.0478. The number of nitrogens with one attached hydrogen (secondary N) is 1. The Kier molecular flexibility index (Phi) is 4.67. The molecule has 1 radical (unpaired) electrons. The summed E-state index contributed by atoms with van der Waals surface area (Å²) in [5.74, 6) is -3.72. The number of aliphatic hydroxyl groups is 1. The Hall–Kier alpha value is -1.81. The van der Waals surface area contributed by atoms with E-state index >= 15 is 0 Å². The highest BCUT2D eigenvalue weighted by atomic mass is 127. The molecule has 8 heteroatoms. The third kappa shape index (κ3) is 3.59. The summed E-state index contributed by atoms with van der Waals surface area (Å²) in [6.07, 6.45) is 0. The van der Waals surface area contributed by atoms with Gasteiger partial charge in [-0.2, -0.15) is 0 Å². The van der Waals surface area contributed by atoms with Gasteiger partial charge in [0.1, 0.15) is 5.82 Å². The first-order chi connectivity index (χ1) is 11.7. The minimum absolute atomic E-state index is 0.0256. The van der Waals surface area contributed by atoms with E-state index in [0.717, 1.165) is 12.1 Å². The smallest absolute Gasteiger partial charge is 0.256 e. The van der Waals surface area contributed by atoms with Crippen molar-refractivity contribution in [1.29, 1.82) is 0 Å². The maximum atomic E-state index is 14.3. The van der Waals surface area contributed by atoms with Gasteiger partial charge in [-0.3, -0.25) is 4.79 Å². The molecular weight excluding hydrogens is 448 g/mol. The number of β-amino-alcohol motifs (C(OH)–C–C–N with tert-alkyl or cyclic N) is 1. The number of anilines is 2. The van der Waals surface area contributed by atoms with Crippen LogP contribution in [-0.4, -0.2) is 34.6 Å². The van der Waals surface area contributed by atoms with Crippen molar-refractivity contribution >= 4 is 39.9 Å². The van der Waals surface area contributed by atoms with Crippen LogP contribution in [0.4, 0.5) is 24.5 Å². The van der Waals surface area contributed by atoms with Gasteiger partial charge < -0.3 is 15.3 Å². The van der Waals surface area contributed by atoms with E-state index in [4.69, 9.17) is 0 Å². The van der Waals surface area contributed by atoms with Crippen LogP contribution in [0.2, 0.25) is 0 Å². The Labute approximate surface area is 155 Å². The van der Waals surface area contributed by atoms with E-state index in [0.29, 0.717) is 3.57 Å². The van der Waals surface area contributed by atoms with Crippen molar-refractivity contribution in [1.82, 2.24) is 4.90 Å². The van der Waals surface area contributed by atoms with E-state index in [-0.39, 0.29) is 24.3 Å². The molecule has 0 atom stereocenters.